The first kappa shape index (κ1) is 12.6. The molecule has 2 heteroatoms. The van der Waals surface area contributed by atoms with Gasteiger partial charge in [-0.05, 0) is 49.3 Å². The first-order valence-corrected chi connectivity index (χ1v) is 6.94. The van der Waals surface area contributed by atoms with E-state index in [1.54, 1.807) is 0 Å². The molecule has 1 heterocycles. The van der Waals surface area contributed by atoms with Gasteiger partial charge in [-0.2, -0.15) is 0 Å². The van der Waals surface area contributed by atoms with E-state index in [9.17, 15) is 5.11 Å². The minimum Gasteiger partial charge on any atom is -0.393 e. The predicted molar refractivity (Wildman–Crippen MR) is 69.9 cm³/mol. The third kappa shape index (κ3) is 4.12. The summed E-state index contributed by atoms with van der Waals surface area (Å²) >= 11 is 0. The fourth-order valence-electron chi connectivity index (χ4n) is 2.80. The van der Waals surface area contributed by atoms with Gasteiger partial charge in [-0.3, -0.25) is 4.98 Å². The molecular weight excluding hydrogens is 210 g/mol. The second kappa shape index (κ2) is 6.75. The SMILES string of the molecule is OC1CCCCC(c2ccncc2)CCCC1. The average Bonchev–Trinajstić information content (AvgIpc) is 2.38. The van der Waals surface area contributed by atoms with Gasteiger partial charge in [-0.15, -0.1) is 0 Å². The van der Waals surface area contributed by atoms with Crippen LogP contribution in [0.15, 0.2) is 24.5 Å². The van der Waals surface area contributed by atoms with Gasteiger partial charge in [-0.1, -0.05) is 25.7 Å². The molecule has 2 nitrogen and oxygen atoms in total. The van der Waals surface area contributed by atoms with Gasteiger partial charge >= 0.3 is 0 Å². The molecule has 1 N–H and O–H groups in total. The highest BCUT2D eigenvalue weighted by molar-refractivity contribution is 5.15. The van der Waals surface area contributed by atoms with Crippen LogP contribution in [-0.2, 0) is 0 Å². The van der Waals surface area contributed by atoms with Crippen LogP contribution in [-0.4, -0.2) is 16.2 Å². The number of nitrogens with zero attached hydrogens (tertiary/aromatic N) is 1. The highest BCUT2D eigenvalue weighted by Gasteiger charge is 2.14. The number of hydrogen-bond acceptors (Lipinski definition) is 2. The summed E-state index contributed by atoms with van der Waals surface area (Å²) in [5.74, 6) is 0.702. The molecule has 0 radical (unpaired) electrons. The standard InChI is InChI=1S/C15H23NO/c17-15-7-3-1-5-13(6-2-4-8-15)14-9-11-16-12-10-14/h9-13,15,17H,1-8H2. The van der Waals surface area contributed by atoms with Crippen LogP contribution in [0.2, 0.25) is 0 Å². The van der Waals surface area contributed by atoms with Crippen LogP contribution >= 0.6 is 0 Å². The van der Waals surface area contributed by atoms with Crippen molar-refractivity contribution in [3.05, 3.63) is 30.1 Å². The highest BCUT2D eigenvalue weighted by Crippen LogP contribution is 2.29. The van der Waals surface area contributed by atoms with Gasteiger partial charge < -0.3 is 5.11 Å². The maximum absolute atomic E-state index is 9.71. The zero-order valence-corrected chi connectivity index (χ0v) is 10.5. The topological polar surface area (TPSA) is 33.1 Å². The first-order chi connectivity index (χ1) is 8.36. The van der Waals surface area contributed by atoms with Crippen molar-refractivity contribution >= 4 is 0 Å². The lowest BCUT2D eigenvalue weighted by Crippen LogP contribution is -2.09. The van der Waals surface area contributed by atoms with E-state index in [1.165, 1.54) is 44.1 Å². The molecule has 1 aromatic rings. The lowest BCUT2D eigenvalue weighted by Gasteiger charge is -2.20. The fraction of sp³-hybridized carbons (Fsp3) is 0.667. The number of aliphatic hydroxyl groups is 1. The second-order valence-corrected chi connectivity index (χ2v) is 5.20. The lowest BCUT2D eigenvalue weighted by atomic mass is 9.87. The summed E-state index contributed by atoms with van der Waals surface area (Å²) in [7, 11) is 0. The Labute approximate surface area is 104 Å². The first-order valence-electron chi connectivity index (χ1n) is 6.94. The Hall–Kier alpha value is -0.890. The van der Waals surface area contributed by atoms with Crippen LogP contribution in [0.1, 0.15) is 62.8 Å². The van der Waals surface area contributed by atoms with E-state index in [0.29, 0.717) is 5.92 Å². The Morgan fingerprint density at radius 2 is 1.41 bits per heavy atom. The maximum atomic E-state index is 9.71. The van der Waals surface area contributed by atoms with Gasteiger partial charge in [0.1, 0.15) is 0 Å². The molecule has 0 aliphatic heterocycles. The summed E-state index contributed by atoms with van der Waals surface area (Å²) in [6.45, 7) is 0. The monoisotopic (exact) mass is 233 g/mol. The minimum atomic E-state index is -0.0486. The van der Waals surface area contributed by atoms with Crippen LogP contribution in [0.4, 0.5) is 0 Å². The largest absolute Gasteiger partial charge is 0.393 e. The van der Waals surface area contributed by atoms with Crippen molar-refractivity contribution in [3.63, 3.8) is 0 Å². The average molecular weight is 233 g/mol. The van der Waals surface area contributed by atoms with Crippen molar-refractivity contribution in [2.24, 2.45) is 0 Å². The summed E-state index contributed by atoms with van der Waals surface area (Å²) in [6, 6.07) is 4.32. The van der Waals surface area contributed by atoms with Crippen molar-refractivity contribution in [2.75, 3.05) is 0 Å². The third-order valence-corrected chi connectivity index (χ3v) is 3.86. The van der Waals surface area contributed by atoms with Crippen LogP contribution in [0, 0.1) is 0 Å². The zero-order valence-electron chi connectivity index (χ0n) is 10.5. The smallest absolute Gasteiger partial charge is 0.0540 e. The van der Waals surface area contributed by atoms with Crippen LogP contribution in [0.25, 0.3) is 0 Å². The Balaban J connectivity index is 1.93. The Morgan fingerprint density at radius 3 is 2.00 bits per heavy atom. The van der Waals surface area contributed by atoms with E-state index in [-0.39, 0.29) is 6.10 Å². The van der Waals surface area contributed by atoms with E-state index < -0.39 is 0 Å². The van der Waals surface area contributed by atoms with Gasteiger partial charge in [0, 0.05) is 12.4 Å². The lowest BCUT2D eigenvalue weighted by molar-refractivity contribution is 0.144. The fourth-order valence-corrected chi connectivity index (χ4v) is 2.80. The molecule has 94 valence electrons. The van der Waals surface area contributed by atoms with Crippen LogP contribution in [0.5, 0.6) is 0 Å². The molecule has 17 heavy (non-hydrogen) atoms. The molecule has 1 aliphatic carbocycles. The molecule has 1 fully saturated rings. The summed E-state index contributed by atoms with van der Waals surface area (Å²) < 4.78 is 0. The Bertz CT molecular complexity index is 300. The number of aliphatic hydroxyl groups excluding tert-OH is 1. The van der Waals surface area contributed by atoms with E-state index in [2.05, 4.69) is 17.1 Å². The summed E-state index contributed by atoms with van der Waals surface area (Å²) in [5.41, 5.74) is 1.45. The molecular formula is C15H23NO. The van der Waals surface area contributed by atoms with Gasteiger partial charge in [0.05, 0.1) is 6.10 Å². The Kier molecular flexibility index (Phi) is 4.99. The molecule has 1 saturated carbocycles. The van der Waals surface area contributed by atoms with Gasteiger partial charge in [0.25, 0.3) is 0 Å². The number of pyridine rings is 1. The van der Waals surface area contributed by atoms with E-state index in [1.807, 2.05) is 12.4 Å². The van der Waals surface area contributed by atoms with Gasteiger partial charge in [-0.25, -0.2) is 0 Å². The van der Waals surface area contributed by atoms with Gasteiger partial charge in [0.15, 0.2) is 0 Å². The second-order valence-electron chi connectivity index (χ2n) is 5.20. The summed E-state index contributed by atoms with van der Waals surface area (Å²) in [5, 5.41) is 9.71. The Morgan fingerprint density at radius 1 is 0.882 bits per heavy atom. The van der Waals surface area contributed by atoms with Crippen molar-refractivity contribution in [2.45, 2.75) is 63.4 Å². The summed E-state index contributed by atoms with van der Waals surface area (Å²) in [6.07, 6.45) is 13.1. The molecule has 1 aliphatic rings. The normalized spacial score (nSPS) is 27.6. The molecule has 0 atom stereocenters. The molecule has 0 spiro atoms. The molecule has 0 unspecified atom stereocenters. The van der Waals surface area contributed by atoms with Crippen molar-refractivity contribution < 1.29 is 5.11 Å². The quantitative estimate of drug-likeness (QED) is 0.803. The number of rotatable bonds is 1. The molecule has 0 saturated heterocycles. The van der Waals surface area contributed by atoms with Crippen LogP contribution in [0.3, 0.4) is 0 Å². The molecule has 2 rings (SSSR count). The number of aromatic nitrogens is 1. The third-order valence-electron chi connectivity index (χ3n) is 3.86. The van der Waals surface area contributed by atoms with Crippen molar-refractivity contribution in [1.82, 2.24) is 4.98 Å². The zero-order chi connectivity index (χ0) is 11.9. The van der Waals surface area contributed by atoms with Crippen LogP contribution < -0.4 is 0 Å². The molecule has 0 aromatic carbocycles. The van der Waals surface area contributed by atoms with E-state index >= 15 is 0 Å². The van der Waals surface area contributed by atoms with Crippen molar-refractivity contribution in [3.8, 4) is 0 Å². The molecule has 0 bridgehead atoms. The summed E-state index contributed by atoms with van der Waals surface area (Å²) in [4.78, 5) is 4.09. The van der Waals surface area contributed by atoms with Gasteiger partial charge in [0.2, 0.25) is 0 Å². The predicted octanol–water partition coefficient (Wildman–Crippen LogP) is 3.66. The molecule has 0 amide bonds. The van der Waals surface area contributed by atoms with E-state index in [0.717, 1.165) is 12.8 Å². The van der Waals surface area contributed by atoms with Crippen molar-refractivity contribution in [1.29, 1.82) is 0 Å². The minimum absolute atomic E-state index is 0.0486. The highest BCUT2D eigenvalue weighted by atomic mass is 16.3. The number of hydrogen-bond donors (Lipinski definition) is 1. The van der Waals surface area contributed by atoms with E-state index in [4.69, 9.17) is 0 Å². The maximum Gasteiger partial charge on any atom is 0.0540 e. The molecule has 1 aromatic heterocycles.